The highest BCUT2D eigenvalue weighted by atomic mass is 16.5. The number of pyridine rings is 1. The molecule has 1 fully saturated rings. The average molecular weight is 521 g/mol. The van der Waals surface area contributed by atoms with Crippen LogP contribution in [0.25, 0.3) is 16.9 Å². The molecule has 8 heteroatoms. The zero-order valence-electron chi connectivity index (χ0n) is 22.2. The van der Waals surface area contributed by atoms with Crippen molar-refractivity contribution in [1.29, 1.82) is 0 Å². The summed E-state index contributed by atoms with van der Waals surface area (Å²) in [5.41, 5.74) is 4.87. The Morgan fingerprint density at radius 1 is 0.949 bits per heavy atom. The Balaban J connectivity index is 1.59. The van der Waals surface area contributed by atoms with Crippen LogP contribution in [-0.4, -0.2) is 39.8 Å². The van der Waals surface area contributed by atoms with Gasteiger partial charge >= 0.3 is 0 Å². The first-order valence-corrected chi connectivity index (χ1v) is 13.5. The van der Waals surface area contributed by atoms with E-state index in [9.17, 15) is 4.79 Å². The lowest BCUT2D eigenvalue weighted by Gasteiger charge is -2.29. The minimum Gasteiger partial charge on any atom is -0.497 e. The molecule has 39 heavy (non-hydrogen) atoms. The zero-order valence-corrected chi connectivity index (χ0v) is 22.2. The van der Waals surface area contributed by atoms with E-state index in [1.165, 1.54) is 6.42 Å². The summed E-state index contributed by atoms with van der Waals surface area (Å²) >= 11 is 0. The van der Waals surface area contributed by atoms with Crippen LogP contribution in [0.3, 0.4) is 0 Å². The zero-order chi connectivity index (χ0) is 26.8. The molecule has 0 radical (unpaired) electrons. The molecular weight excluding hydrogens is 488 g/mol. The van der Waals surface area contributed by atoms with Crippen molar-refractivity contribution in [2.75, 3.05) is 30.4 Å². The van der Waals surface area contributed by atoms with Crippen molar-refractivity contribution >= 4 is 23.0 Å². The van der Waals surface area contributed by atoms with Crippen LogP contribution in [-0.2, 0) is 0 Å². The highest BCUT2D eigenvalue weighted by Crippen LogP contribution is 2.37. The van der Waals surface area contributed by atoms with Gasteiger partial charge in [-0.1, -0.05) is 55.5 Å². The van der Waals surface area contributed by atoms with Crippen LogP contribution in [0.4, 0.5) is 17.3 Å². The maximum Gasteiger partial charge on any atom is 0.280 e. The number of methoxy groups -OCH3 is 1. The van der Waals surface area contributed by atoms with Crippen molar-refractivity contribution in [3.8, 4) is 17.0 Å². The predicted molar refractivity (Wildman–Crippen MR) is 155 cm³/mol. The molecule has 8 nitrogen and oxygen atoms in total. The molecule has 0 bridgehead atoms. The number of rotatable bonds is 7. The molecule has 0 spiro atoms. The highest BCUT2D eigenvalue weighted by molar-refractivity contribution is 5.87. The van der Waals surface area contributed by atoms with Crippen LogP contribution < -0.4 is 20.5 Å². The van der Waals surface area contributed by atoms with Gasteiger partial charge in [-0.25, -0.2) is 4.98 Å². The minimum atomic E-state index is -0.224. The van der Waals surface area contributed by atoms with E-state index in [0.717, 1.165) is 54.2 Å². The fourth-order valence-electron chi connectivity index (χ4n) is 5.41. The molecule has 1 atom stereocenters. The maximum absolute atomic E-state index is 14.3. The number of hydrogen-bond donors (Lipinski definition) is 2. The molecule has 0 amide bonds. The Morgan fingerprint density at radius 3 is 2.38 bits per heavy atom. The lowest BCUT2D eigenvalue weighted by atomic mass is 9.94. The summed E-state index contributed by atoms with van der Waals surface area (Å²) in [7, 11) is 1.65. The highest BCUT2D eigenvalue weighted by Gasteiger charge is 2.27. The van der Waals surface area contributed by atoms with Gasteiger partial charge in [-0.3, -0.25) is 4.79 Å². The summed E-state index contributed by atoms with van der Waals surface area (Å²) in [6.45, 7) is 3.89. The van der Waals surface area contributed by atoms with Crippen LogP contribution in [0.1, 0.15) is 43.2 Å². The molecule has 1 unspecified atom stereocenters. The number of nitrogens with one attached hydrogen (secondary N) is 2. The number of anilines is 3. The molecule has 2 aromatic carbocycles. The largest absolute Gasteiger partial charge is 0.497 e. The van der Waals surface area contributed by atoms with Gasteiger partial charge < -0.3 is 19.9 Å². The summed E-state index contributed by atoms with van der Waals surface area (Å²) in [6, 6.07) is 23.6. The molecule has 3 aromatic heterocycles. The second-order valence-corrected chi connectivity index (χ2v) is 9.93. The van der Waals surface area contributed by atoms with Gasteiger partial charge in [0.25, 0.3) is 5.56 Å². The minimum absolute atomic E-state index is 0.161. The second kappa shape index (κ2) is 10.6. The molecule has 0 aliphatic carbocycles. The Hall–Kier alpha value is -4.59. The molecule has 2 N–H and O–H groups in total. The number of benzene rings is 2. The first-order valence-electron chi connectivity index (χ1n) is 13.5. The fraction of sp³-hybridized carbons (Fsp3) is 0.258. The number of aromatic nitrogens is 4. The predicted octanol–water partition coefficient (Wildman–Crippen LogP) is 5.98. The van der Waals surface area contributed by atoms with E-state index >= 15 is 0 Å². The molecule has 4 heterocycles. The number of nitrogens with zero attached hydrogens (tertiary/aromatic N) is 4. The van der Waals surface area contributed by atoms with Crippen LogP contribution >= 0.6 is 0 Å². The normalized spacial score (nSPS) is 14.4. The van der Waals surface area contributed by atoms with E-state index < -0.39 is 0 Å². The summed E-state index contributed by atoms with van der Waals surface area (Å²) in [5.74, 6) is 1.82. The molecule has 1 aliphatic rings. The van der Waals surface area contributed by atoms with Gasteiger partial charge in [-0.05, 0) is 49.1 Å². The smallest absolute Gasteiger partial charge is 0.280 e. The van der Waals surface area contributed by atoms with E-state index in [2.05, 4.69) is 20.2 Å². The Morgan fingerprint density at radius 2 is 1.69 bits per heavy atom. The first-order chi connectivity index (χ1) is 19.1. The Kier molecular flexibility index (Phi) is 6.75. The van der Waals surface area contributed by atoms with E-state index in [1.807, 2.05) is 79.7 Å². The van der Waals surface area contributed by atoms with E-state index in [-0.39, 0.29) is 11.5 Å². The number of piperidine rings is 1. The number of ether oxygens (including phenoxy) is 1. The average Bonchev–Trinajstić information content (AvgIpc) is 3.38. The third-order valence-electron chi connectivity index (χ3n) is 7.48. The summed E-state index contributed by atoms with van der Waals surface area (Å²) in [4.78, 5) is 24.8. The number of hydrogen-bond acceptors (Lipinski definition) is 6. The fourth-order valence-corrected chi connectivity index (χ4v) is 5.41. The summed E-state index contributed by atoms with van der Waals surface area (Å²) in [6.07, 6.45) is 5.17. The lowest BCUT2D eigenvalue weighted by molar-refractivity contribution is 0.414. The lowest BCUT2D eigenvalue weighted by Crippen LogP contribution is -2.30. The SMILES string of the molecule is COc1ccc(C(C)c2c(Nc3ccccn3)[nH]c3c(N4CCCCC4)c(-c4ccccc4)nn3c2=O)cc1. The van der Waals surface area contributed by atoms with Crippen molar-refractivity contribution in [2.24, 2.45) is 0 Å². The molecule has 0 saturated carbocycles. The van der Waals surface area contributed by atoms with Crippen molar-refractivity contribution in [3.63, 3.8) is 0 Å². The third-order valence-corrected chi connectivity index (χ3v) is 7.48. The van der Waals surface area contributed by atoms with Crippen LogP contribution in [0.15, 0.2) is 83.8 Å². The van der Waals surface area contributed by atoms with Crippen LogP contribution in [0, 0.1) is 0 Å². The summed E-state index contributed by atoms with van der Waals surface area (Å²) < 4.78 is 6.89. The monoisotopic (exact) mass is 520 g/mol. The van der Waals surface area contributed by atoms with Gasteiger partial charge in [0.05, 0.1) is 12.7 Å². The van der Waals surface area contributed by atoms with Gasteiger partial charge in [0.15, 0.2) is 5.65 Å². The third kappa shape index (κ3) is 4.74. The number of aromatic amines is 1. The van der Waals surface area contributed by atoms with E-state index in [0.29, 0.717) is 22.8 Å². The first kappa shape index (κ1) is 24.7. The Bertz CT molecular complexity index is 1620. The number of H-pyrrole nitrogens is 1. The van der Waals surface area contributed by atoms with E-state index in [1.54, 1.807) is 17.8 Å². The van der Waals surface area contributed by atoms with E-state index in [4.69, 9.17) is 9.84 Å². The summed E-state index contributed by atoms with van der Waals surface area (Å²) in [5, 5.41) is 8.34. The molecule has 198 valence electrons. The van der Waals surface area contributed by atoms with Crippen molar-refractivity contribution in [1.82, 2.24) is 19.6 Å². The van der Waals surface area contributed by atoms with Crippen molar-refractivity contribution in [2.45, 2.75) is 32.1 Å². The standard InChI is InChI=1S/C31H32N6O2/c1-21(22-14-16-24(39-2)17-15-22)26-29(33-25-13-7-8-18-32-25)34-30-28(36-19-9-4-10-20-36)27(35-37(30)31(26)38)23-11-5-3-6-12-23/h3,5-8,11-18,21,34H,4,9-10,19-20H2,1-2H3,(H,32,33). The van der Waals surface area contributed by atoms with Gasteiger partial charge in [0.1, 0.15) is 28.8 Å². The Labute approximate surface area is 227 Å². The maximum atomic E-state index is 14.3. The molecular formula is C31H32N6O2. The van der Waals surface area contributed by atoms with Gasteiger partial charge in [-0.15, -0.1) is 0 Å². The number of fused-ring (bicyclic) bond motifs is 1. The quantitative estimate of drug-likeness (QED) is 0.275. The van der Waals surface area contributed by atoms with Gasteiger partial charge in [-0.2, -0.15) is 9.61 Å². The molecule has 1 aliphatic heterocycles. The van der Waals surface area contributed by atoms with Gasteiger partial charge in [0, 0.05) is 30.8 Å². The van der Waals surface area contributed by atoms with Crippen molar-refractivity contribution < 1.29 is 4.74 Å². The molecule has 5 aromatic rings. The van der Waals surface area contributed by atoms with Crippen LogP contribution in [0.2, 0.25) is 0 Å². The topological polar surface area (TPSA) is 87.5 Å². The second-order valence-electron chi connectivity index (χ2n) is 9.93. The van der Waals surface area contributed by atoms with Crippen LogP contribution in [0.5, 0.6) is 5.75 Å². The van der Waals surface area contributed by atoms with Gasteiger partial charge in [0.2, 0.25) is 0 Å². The van der Waals surface area contributed by atoms with Crippen molar-refractivity contribution in [3.05, 3.63) is 100 Å². The molecule has 1 saturated heterocycles. The molecule has 6 rings (SSSR count).